The molecule has 0 aliphatic carbocycles. The summed E-state index contributed by atoms with van der Waals surface area (Å²) in [6, 6.07) is 12.4. The van der Waals surface area contributed by atoms with Crippen molar-refractivity contribution in [3.63, 3.8) is 0 Å². The summed E-state index contributed by atoms with van der Waals surface area (Å²) >= 11 is 5.94. The van der Waals surface area contributed by atoms with Gasteiger partial charge in [0.05, 0.1) is 30.4 Å². The quantitative estimate of drug-likeness (QED) is 0.648. The molecule has 2 aromatic carbocycles. The summed E-state index contributed by atoms with van der Waals surface area (Å²) < 4.78 is 30.8. The molecule has 0 aromatic heterocycles. The summed E-state index contributed by atoms with van der Waals surface area (Å²) in [5, 5.41) is 9.40. The van der Waals surface area contributed by atoms with Crippen LogP contribution in [0.1, 0.15) is 46.9 Å². The van der Waals surface area contributed by atoms with E-state index in [9.17, 15) is 9.18 Å². The first kappa shape index (κ1) is 20.3. The highest BCUT2D eigenvalue weighted by Gasteiger charge is 2.23. The Morgan fingerprint density at radius 2 is 1.96 bits per heavy atom. The van der Waals surface area contributed by atoms with E-state index in [0.29, 0.717) is 31.1 Å². The molecule has 0 radical (unpaired) electrons. The van der Waals surface area contributed by atoms with E-state index in [1.165, 1.54) is 12.1 Å². The molecule has 5 nitrogen and oxygen atoms in total. The monoisotopic (exact) mass is 403 g/mol. The first-order chi connectivity index (χ1) is 13.6. The number of rotatable bonds is 6. The highest BCUT2D eigenvalue weighted by Crippen LogP contribution is 2.28. The fourth-order valence-corrected chi connectivity index (χ4v) is 3.03. The molecule has 1 aliphatic rings. The van der Waals surface area contributed by atoms with Gasteiger partial charge in [0.1, 0.15) is 11.9 Å². The maximum absolute atomic E-state index is 14.2. The van der Waals surface area contributed by atoms with Crippen molar-refractivity contribution in [2.75, 3.05) is 13.2 Å². The lowest BCUT2D eigenvalue weighted by atomic mass is 10.0. The molecule has 7 heteroatoms. The molecule has 0 N–H and O–H groups in total. The minimum atomic E-state index is -0.799. The molecule has 0 spiro atoms. The van der Waals surface area contributed by atoms with Crippen LogP contribution in [0.4, 0.5) is 4.39 Å². The molecule has 2 aromatic rings. The standard InChI is InChI=1S/C21H19ClFNO4/c22-16-5-3-15(4-6-16)19(8-9-20-26-10-1-11-27-20)28-21(25)17-7-2-14(13-24)12-18(17)23/h2-7,12,19-20H,1,8-11H2. The van der Waals surface area contributed by atoms with Gasteiger partial charge in [0, 0.05) is 11.4 Å². The van der Waals surface area contributed by atoms with Crippen LogP contribution in [0.3, 0.4) is 0 Å². The van der Waals surface area contributed by atoms with Crippen LogP contribution in [-0.2, 0) is 14.2 Å². The van der Waals surface area contributed by atoms with Crippen molar-refractivity contribution in [3.05, 3.63) is 70.0 Å². The maximum atomic E-state index is 14.2. The van der Waals surface area contributed by atoms with Gasteiger partial charge in [-0.05, 0) is 48.7 Å². The SMILES string of the molecule is N#Cc1ccc(C(=O)OC(CCC2OCCCO2)c2ccc(Cl)cc2)c(F)c1. The number of nitriles is 1. The summed E-state index contributed by atoms with van der Waals surface area (Å²) in [6.07, 6.45) is 0.846. The summed E-state index contributed by atoms with van der Waals surface area (Å²) in [4.78, 5) is 12.5. The molecule has 1 aliphatic heterocycles. The third kappa shape index (κ3) is 5.29. The Kier molecular flexibility index (Phi) is 6.99. The zero-order chi connectivity index (χ0) is 19.9. The van der Waals surface area contributed by atoms with Crippen molar-refractivity contribution in [1.29, 1.82) is 5.26 Å². The summed E-state index contributed by atoms with van der Waals surface area (Å²) in [5.41, 5.74) is 0.653. The Balaban J connectivity index is 1.74. The van der Waals surface area contributed by atoms with Gasteiger partial charge in [-0.15, -0.1) is 0 Å². The fourth-order valence-electron chi connectivity index (χ4n) is 2.90. The van der Waals surface area contributed by atoms with E-state index in [0.717, 1.165) is 18.1 Å². The predicted octanol–water partition coefficient (Wildman–Crippen LogP) is 4.79. The first-order valence-corrected chi connectivity index (χ1v) is 9.34. The number of halogens is 2. The summed E-state index contributed by atoms with van der Waals surface area (Å²) in [7, 11) is 0. The topological polar surface area (TPSA) is 68.6 Å². The maximum Gasteiger partial charge on any atom is 0.341 e. The second-order valence-electron chi connectivity index (χ2n) is 6.35. The van der Waals surface area contributed by atoms with Gasteiger partial charge in [-0.2, -0.15) is 5.26 Å². The third-order valence-electron chi connectivity index (χ3n) is 4.37. The van der Waals surface area contributed by atoms with Crippen molar-refractivity contribution in [1.82, 2.24) is 0 Å². The van der Waals surface area contributed by atoms with Gasteiger partial charge in [-0.3, -0.25) is 0 Å². The zero-order valence-corrected chi connectivity index (χ0v) is 15.8. The molecule has 0 bridgehead atoms. The minimum absolute atomic E-state index is 0.134. The smallest absolute Gasteiger partial charge is 0.341 e. The minimum Gasteiger partial charge on any atom is -0.454 e. The molecule has 1 saturated heterocycles. The van der Waals surface area contributed by atoms with Crippen LogP contribution < -0.4 is 0 Å². The van der Waals surface area contributed by atoms with E-state index in [1.807, 2.05) is 6.07 Å². The van der Waals surface area contributed by atoms with Gasteiger partial charge in [-0.1, -0.05) is 23.7 Å². The molecular formula is C21H19ClFNO4. The van der Waals surface area contributed by atoms with Gasteiger partial charge in [0.2, 0.25) is 0 Å². The van der Waals surface area contributed by atoms with Crippen LogP contribution in [0.15, 0.2) is 42.5 Å². The number of carbonyl (C=O) groups excluding carboxylic acids is 1. The molecule has 146 valence electrons. The number of esters is 1. The van der Waals surface area contributed by atoms with Gasteiger partial charge in [0.15, 0.2) is 6.29 Å². The van der Waals surface area contributed by atoms with Gasteiger partial charge in [0.25, 0.3) is 0 Å². The van der Waals surface area contributed by atoms with Crippen molar-refractivity contribution in [2.24, 2.45) is 0 Å². The Hall–Kier alpha value is -2.46. The normalized spacial score (nSPS) is 15.6. The molecule has 3 rings (SSSR count). The van der Waals surface area contributed by atoms with E-state index in [4.69, 9.17) is 31.1 Å². The summed E-state index contributed by atoms with van der Waals surface area (Å²) in [5.74, 6) is -1.59. The zero-order valence-electron chi connectivity index (χ0n) is 15.1. The van der Waals surface area contributed by atoms with E-state index in [1.54, 1.807) is 24.3 Å². The van der Waals surface area contributed by atoms with Crippen LogP contribution in [-0.4, -0.2) is 25.5 Å². The average molecular weight is 404 g/mol. The second kappa shape index (κ2) is 9.65. The van der Waals surface area contributed by atoms with Gasteiger partial charge in [-0.25, -0.2) is 9.18 Å². The first-order valence-electron chi connectivity index (χ1n) is 8.96. The molecule has 1 unspecified atom stereocenters. The van der Waals surface area contributed by atoms with Crippen LogP contribution in [0.2, 0.25) is 5.02 Å². The van der Waals surface area contributed by atoms with Crippen LogP contribution in [0.25, 0.3) is 0 Å². The van der Waals surface area contributed by atoms with E-state index < -0.39 is 17.9 Å². The largest absolute Gasteiger partial charge is 0.454 e. The summed E-state index contributed by atoms with van der Waals surface area (Å²) in [6.45, 7) is 1.26. The highest BCUT2D eigenvalue weighted by molar-refractivity contribution is 6.30. The van der Waals surface area contributed by atoms with Crippen LogP contribution in [0, 0.1) is 17.1 Å². The average Bonchev–Trinajstić information content (AvgIpc) is 2.72. The molecule has 1 atom stereocenters. The lowest BCUT2D eigenvalue weighted by molar-refractivity contribution is -0.183. The number of carbonyl (C=O) groups is 1. The van der Waals surface area contributed by atoms with E-state index in [2.05, 4.69) is 0 Å². The van der Waals surface area contributed by atoms with E-state index in [-0.39, 0.29) is 17.4 Å². The number of nitrogens with zero attached hydrogens (tertiary/aromatic N) is 1. The lowest BCUT2D eigenvalue weighted by Crippen LogP contribution is -2.25. The molecule has 1 fully saturated rings. The van der Waals surface area contributed by atoms with Crippen molar-refractivity contribution >= 4 is 17.6 Å². The Bertz CT molecular complexity index is 860. The highest BCUT2D eigenvalue weighted by atomic mass is 35.5. The van der Waals surface area contributed by atoms with Gasteiger partial charge < -0.3 is 14.2 Å². The van der Waals surface area contributed by atoms with E-state index >= 15 is 0 Å². The number of hydrogen-bond acceptors (Lipinski definition) is 5. The third-order valence-corrected chi connectivity index (χ3v) is 4.62. The van der Waals surface area contributed by atoms with Crippen LogP contribution >= 0.6 is 11.6 Å². The molecular weight excluding hydrogens is 385 g/mol. The number of benzene rings is 2. The molecule has 1 heterocycles. The lowest BCUT2D eigenvalue weighted by Gasteiger charge is -2.25. The van der Waals surface area contributed by atoms with Crippen LogP contribution in [0.5, 0.6) is 0 Å². The van der Waals surface area contributed by atoms with Gasteiger partial charge >= 0.3 is 5.97 Å². The van der Waals surface area contributed by atoms with Crippen molar-refractivity contribution in [2.45, 2.75) is 31.7 Å². The van der Waals surface area contributed by atoms with Crippen molar-refractivity contribution in [3.8, 4) is 6.07 Å². The Morgan fingerprint density at radius 1 is 1.25 bits per heavy atom. The molecule has 0 amide bonds. The predicted molar refractivity (Wildman–Crippen MR) is 100 cm³/mol. The Morgan fingerprint density at radius 3 is 2.61 bits per heavy atom. The van der Waals surface area contributed by atoms with Crippen molar-refractivity contribution < 1.29 is 23.4 Å². The number of hydrogen-bond donors (Lipinski definition) is 0. The Labute approximate surface area is 167 Å². The number of ether oxygens (including phenoxy) is 3. The molecule has 0 saturated carbocycles. The second-order valence-corrected chi connectivity index (χ2v) is 6.79. The molecule has 28 heavy (non-hydrogen) atoms. The fraction of sp³-hybridized carbons (Fsp3) is 0.333.